The fourth-order valence-electron chi connectivity index (χ4n) is 19.4. The summed E-state index contributed by atoms with van der Waals surface area (Å²) >= 11 is 0. The lowest BCUT2D eigenvalue weighted by Gasteiger charge is -2.33. The van der Waals surface area contributed by atoms with Gasteiger partial charge in [0, 0.05) is 79.6 Å². The number of rotatable bonds is 21. The van der Waals surface area contributed by atoms with Crippen molar-refractivity contribution in [1.82, 2.24) is 0 Å². The van der Waals surface area contributed by atoms with Crippen LogP contribution < -0.4 is 34.3 Å². The molecular weight excluding hydrogens is 1460 g/mol. The van der Waals surface area contributed by atoms with E-state index in [-0.39, 0.29) is 0 Å². The van der Waals surface area contributed by atoms with Crippen LogP contribution in [0.1, 0.15) is 128 Å². The van der Waals surface area contributed by atoms with Crippen LogP contribution in [0.3, 0.4) is 0 Å². The van der Waals surface area contributed by atoms with E-state index in [2.05, 4.69) is 473 Å². The molecule has 0 atom stereocenters. The van der Waals surface area contributed by atoms with Crippen molar-refractivity contribution in [1.29, 1.82) is 0 Å². The molecule has 602 valence electrons. The first kappa shape index (κ1) is 82.0. The van der Waals surface area contributed by atoms with E-state index in [9.17, 15) is 0 Å². The third kappa shape index (κ3) is 16.4. The molecule has 0 aliphatic rings. The molecule has 0 amide bonds. The highest BCUT2D eigenvalue weighted by atomic mass is 15.2. The van der Waals surface area contributed by atoms with Gasteiger partial charge in [0.15, 0.2) is 0 Å². The van der Waals surface area contributed by atoms with Crippen LogP contribution >= 0.6 is 0 Å². The second-order valence-electron chi connectivity index (χ2n) is 34.3. The molecule has 0 unspecified atom stereocenters. The van der Waals surface area contributed by atoms with Crippen molar-refractivity contribution >= 4 is 119 Å². The third-order valence-corrected chi connectivity index (χ3v) is 23.8. The summed E-state index contributed by atoms with van der Waals surface area (Å²) in [5, 5.41) is 0. The van der Waals surface area contributed by atoms with Crippen molar-refractivity contribution in [2.75, 3.05) is 34.3 Å². The van der Waals surface area contributed by atoms with Crippen LogP contribution in [0.25, 0.3) is 0 Å². The molecule has 0 aliphatic heterocycles. The summed E-state index contributed by atoms with van der Waals surface area (Å²) in [5.74, 6) is 0. The summed E-state index contributed by atoms with van der Waals surface area (Å²) in [6.07, 6.45) is 0. The van der Waals surface area contributed by atoms with Crippen molar-refractivity contribution < 1.29 is 0 Å². The Hall–Kier alpha value is -13.1. The lowest BCUT2D eigenvalue weighted by molar-refractivity contribution is 1.16. The van der Waals surface area contributed by atoms with E-state index in [0.29, 0.717) is 0 Å². The molecule has 0 aliphatic carbocycles. The maximum Gasteiger partial charge on any atom is 0.0520 e. The monoisotopic (exact) mass is 1570 g/mol. The Kier molecular flexibility index (Phi) is 23.0. The van der Waals surface area contributed by atoms with Gasteiger partial charge in [0.1, 0.15) is 0 Å². The average molecular weight is 1570 g/mol. The standard InChI is InChI=1S/C113H115N7/c1-70-24-28-93(29-25-70)114(94-32-36-96(37-33-94)115(98-40-48-103(49-41-98)117(102-30-26-71(2)27-31-102)107-79(10)56-72(3)57-80(107)11)99-42-50-104(51-43-99)118(108-81(12)58-73(4)59-82(108)13)109-83(14)60-74(5)61-84(109)15)95-34-38-97(39-35-95)116(100-44-52-105(53-45-100)119(110-85(16)62-75(6)63-86(110)17)111-87(18)64-76(7)65-88(111)19)101-46-54-106(55-47-101)120(112-89(20)66-77(8)67-90(112)21)113-91(22)68-78(9)69-92(113)23/h24-69H,1-23H3. The van der Waals surface area contributed by atoms with Crippen LogP contribution in [0, 0.1) is 159 Å². The molecule has 0 N–H and O–H groups in total. The van der Waals surface area contributed by atoms with Gasteiger partial charge < -0.3 is 34.3 Å². The maximum absolute atomic E-state index is 2.49. The number of hydrogen-bond acceptors (Lipinski definition) is 7. The van der Waals surface area contributed by atoms with Gasteiger partial charge in [-0.1, -0.05) is 159 Å². The van der Waals surface area contributed by atoms with Crippen molar-refractivity contribution in [3.63, 3.8) is 0 Å². The Morgan fingerprint density at radius 2 is 0.192 bits per heavy atom. The van der Waals surface area contributed by atoms with Crippen LogP contribution in [0.2, 0.25) is 0 Å². The van der Waals surface area contributed by atoms with Gasteiger partial charge in [0.05, 0.1) is 39.8 Å². The number of hydrogen-bond donors (Lipinski definition) is 0. The van der Waals surface area contributed by atoms with Crippen molar-refractivity contribution in [2.24, 2.45) is 0 Å². The summed E-state index contributed by atoms with van der Waals surface area (Å²) in [6.45, 7) is 51.2. The highest BCUT2D eigenvalue weighted by Gasteiger charge is 2.29. The maximum atomic E-state index is 2.49. The van der Waals surface area contributed by atoms with Gasteiger partial charge in [-0.3, -0.25) is 0 Å². The van der Waals surface area contributed by atoms with Crippen LogP contribution in [-0.2, 0) is 0 Å². The topological polar surface area (TPSA) is 22.7 Å². The SMILES string of the molecule is Cc1ccc(N(c2ccc(N(c3ccc(N(c4ccc(C)cc4)c4c(C)cc(C)cc4C)cc3)c3ccc(N(c4c(C)cc(C)cc4C)c4c(C)cc(C)cc4C)cc3)cc2)c2ccc(N(c3ccc(N(c4c(C)cc(C)cc4C)c4c(C)cc(C)cc4C)cc3)c3ccc(N(c4c(C)cc(C)cc4C)c4c(C)cc(C)cc4C)cc3)cc2)cc1. The highest BCUT2D eigenvalue weighted by molar-refractivity contribution is 5.92. The number of aryl methyl sites for hydroxylation is 23. The summed E-state index contributed by atoms with van der Waals surface area (Å²) in [4.78, 5) is 17.1. The molecule has 0 aromatic heterocycles. The zero-order valence-corrected chi connectivity index (χ0v) is 74.7. The van der Waals surface area contributed by atoms with Crippen molar-refractivity contribution in [3.05, 3.63) is 407 Å². The van der Waals surface area contributed by atoms with Gasteiger partial charge in [-0.2, -0.15) is 0 Å². The minimum absolute atomic E-state index is 1.02. The number of benzene rings is 15. The molecule has 15 rings (SSSR count). The molecule has 7 nitrogen and oxygen atoms in total. The van der Waals surface area contributed by atoms with Crippen LogP contribution in [0.4, 0.5) is 119 Å². The first-order valence-electron chi connectivity index (χ1n) is 42.3. The van der Waals surface area contributed by atoms with E-state index in [4.69, 9.17) is 0 Å². The third-order valence-electron chi connectivity index (χ3n) is 23.8. The van der Waals surface area contributed by atoms with Crippen molar-refractivity contribution in [2.45, 2.75) is 159 Å². The molecule has 120 heavy (non-hydrogen) atoms. The van der Waals surface area contributed by atoms with Crippen LogP contribution in [-0.4, -0.2) is 0 Å². The summed E-state index contributed by atoms with van der Waals surface area (Å²) < 4.78 is 0. The lowest BCUT2D eigenvalue weighted by atomic mass is 9.98. The average Bonchev–Trinajstić information content (AvgIpc) is 0.759. The predicted octanol–water partition coefficient (Wildman–Crippen LogP) is 33.1. The molecule has 0 saturated carbocycles. The van der Waals surface area contributed by atoms with E-state index in [1.165, 1.54) is 168 Å². The second kappa shape index (κ2) is 33.7. The zero-order valence-electron chi connectivity index (χ0n) is 74.7. The minimum atomic E-state index is 1.02. The Morgan fingerprint density at radius 3 is 0.317 bits per heavy atom. The summed E-state index contributed by atoms with van der Waals surface area (Å²) in [6, 6.07) is 105. The zero-order chi connectivity index (χ0) is 85.0. The van der Waals surface area contributed by atoms with Crippen LogP contribution in [0.5, 0.6) is 0 Å². The molecule has 15 aromatic carbocycles. The number of nitrogens with zero attached hydrogens (tertiary/aromatic N) is 7. The van der Waals surface area contributed by atoms with Gasteiger partial charge in [-0.25, -0.2) is 0 Å². The molecule has 0 spiro atoms. The van der Waals surface area contributed by atoms with E-state index < -0.39 is 0 Å². The fraction of sp³-hybridized carbons (Fsp3) is 0.204. The van der Waals surface area contributed by atoms with E-state index >= 15 is 0 Å². The van der Waals surface area contributed by atoms with E-state index in [0.717, 1.165) is 79.6 Å². The lowest BCUT2D eigenvalue weighted by Crippen LogP contribution is -2.17. The van der Waals surface area contributed by atoms with Gasteiger partial charge >= 0.3 is 0 Å². The van der Waals surface area contributed by atoms with E-state index in [1.54, 1.807) is 0 Å². The molecule has 0 radical (unpaired) electrons. The highest BCUT2D eigenvalue weighted by Crippen LogP contribution is 2.51. The second-order valence-corrected chi connectivity index (χ2v) is 34.3. The van der Waals surface area contributed by atoms with Crippen LogP contribution in [0.15, 0.2) is 279 Å². The van der Waals surface area contributed by atoms with E-state index in [1.807, 2.05) is 0 Å². The first-order chi connectivity index (χ1) is 57.4. The molecule has 7 heteroatoms. The first-order valence-corrected chi connectivity index (χ1v) is 42.3. The van der Waals surface area contributed by atoms with Crippen molar-refractivity contribution in [3.8, 4) is 0 Å². The summed E-state index contributed by atoms with van der Waals surface area (Å²) in [5.41, 5.74) is 51.6. The minimum Gasteiger partial charge on any atom is -0.311 e. The van der Waals surface area contributed by atoms with Gasteiger partial charge in [-0.05, 0) is 407 Å². The fourth-order valence-corrected chi connectivity index (χ4v) is 19.4. The summed E-state index contributed by atoms with van der Waals surface area (Å²) in [7, 11) is 0. The van der Waals surface area contributed by atoms with Gasteiger partial charge in [-0.15, -0.1) is 0 Å². The number of anilines is 21. The van der Waals surface area contributed by atoms with Gasteiger partial charge in [0.25, 0.3) is 0 Å². The molecule has 0 fully saturated rings. The largest absolute Gasteiger partial charge is 0.311 e. The molecule has 15 aromatic rings. The Morgan fingerprint density at radius 1 is 0.100 bits per heavy atom. The Balaban J connectivity index is 0.857. The predicted molar refractivity (Wildman–Crippen MR) is 518 cm³/mol. The molecule has 0 saturated heterocycles. The smallest absolute Gasteiger partial charge is 0.0520 e. The Bertz CT molecular complexity index is 5840. The quantitative estimate of drug-likeness (QED) is 0.0706. The normalized spacial score (nSPS) is 11.3. The Labute approximate surface area is 715 Å². The van der Waals surface area contributed by atoms with Gasteiger partial charge in [0.2, 0.25) is 0 Å². The molecule has 0 bridgehead atoms. The molecule has 0 heterocycles. The molecular formula is C113H115N7.